The molecule has 3 rings (SSSR count). The number of benzene rings is 1. The number of nitrogens with zero attached hydrogens (tertiary/aromatic N) is 1. The maximum absolute atomic E-state index is 12.9. The van der Waals surface area contributed by atoms with Crippen molar-refractivity contribution in [3.8, 4) is 0 Å². The van der Waals surface area contributed by atoms with Gasteiger partial charge in [0.25, 0.3) is 5.91 Å². The van der Waals surface area contributed by atoms with Gasteiger partial charge in [-0.25, -0.2) is 8.42 Å². The summed E-state index contributed by atoms with van der Waals surface area (Å²) in [4.78, 5) is 14.0. The zero-order valence-electron chi connectivity index (χ0n) is 17.0. The third kappa shape index (κ3) is 5.55. The van der Waals surface area contributed by atoms with E-state index in [0.717, 1.165) is 38.8 Å². The van der Waals surface area contributed by atoms with Crippen LogP contribution in [0.5, 0.6) is 0 Å². The molecule has 0 radical (unpaired) electrons. The standard InChI is InChI=1S/C21H33N3O3S/c1-23(19-9-5-4-6-10-19)28(26,27)20-13-11-18(12-14-20)22-21(25)17-24-15-7-2-3-8-16-24/h11-14,19H,2-10,15-17H2,1H3,(H,22,25)/p+1. The molecule has 1 aromatic carbocycles. The van der Waals surface area contributed by atoms with Gasteiger partial charge in [0.2, 0.25) is 10.0 Å². The third-order valence-electron chi connectivity index (χ3n) is 6.13. The van der Waals surface area contributed by atoms with Crippen molar-refractivity contribution in [2.45, 2.75) is 68.7 Å². The zero-order chi connectivity index (χ0) is 20.0. The van der Waals surface area contributed by atoms with Crippen molar-refractivity contribution < 1.29 is 18.1 Å². The van der Waals surface area contributed by atoms with Crippen LogP contribution in [-0.2, 0) is 14.8 Å². The minimum Gasteiger partial charge on any atom is -0.327 e. The van der Waals surface area contributed by atoms with E-state index in [1.54, 1.807) is 31.3 Å². The van der Waals surface area contributed by atoms with Crippen molar-refractivity contribution in [2.75, 3.05) is 32.0 Å². The number of sulfonamides is 1. The van der Waals surface area contributed by atoms with Gasteiger partial charge >= 0.3 is 0 Å². The summed E-state index contributed by atoms with van der Waals surface area (Å²) >= 11 is 0. The monoisotopic (exact) mass is 408 g/mol. The van der Waals surface area contributed by atoms with Crippen LogP contribution in [-0.4, -0.2) is 51.4 Å². The van der Waals surface area contributed by atoms with Gasteiger partial charge in [0.15, 0.2) is 6.54 Å². The minimum absolute atomic E-state index is 0.00756. The number of rotatable bonds is 6. The van der Waals surface area contributed by atoms with E-state index in [-0.39, 0.29) is 16.8 Å². The molecule has 7 heteroatoms. The molecule has 1 saturated carbocycles. The lowest BCUT2D eigenvalue weighted by molar-refractivity contribution is -0.890. The van der Waals surface area contributed by atoms with Crippen LogP contribution in [0.4, 0.5) is 5.69 Å². The Bertz CT molecular complexity index is 735. The summed E-state index contributed by atoms with van der Waals surface area (Å²) in [5, 5.41) is 2.91. The van der Waals surface area contributed by atoms with Crippen molar-refractivity contribution in [1.29, 1.82) is 0 Å². The molecule has 1 aliphatic heterocycles. The lowest BCUT2D eigenvalue weighted by atomic mass is 9.96. The molecule has 1 heterocycles. The Hall–Kier alpha value is -1.44. The van der Waals surface area contributed by atoms with Gasteiger partial charge in [0.05, 0.1) is 18.0 Å². The fourth-order valence-corrected chi connectivity index (χ4v) is 5.77. The molecule has 0 bridgehead atoms. The van der Waals surface area contributed by atoms with Crippen molar-refractivity contribution in [3.05, 3.63) is 24.3 Å². The molecular formula is C21H34N3O3S+. The number of carbonyl (C=O) groups excluding carboxylic acids is 1. The SMILES string of the molecule is CN(C1CCCCC1)S(=O)(=O)c1ccc(NC(=O)C[NH+]2CCCCCC2)cc1. The van der Waals surface area contributed by atoms with E-state index in [1.807, 2.05) is 0 Å². The Morgan fingerprint density at radius 3 is 2.18 bits per heavy atom. The molecule has 1 aromatic rings. The maximum Gasteiger partial charge on any atom is 0.279 e. The molecule has 2 fully saturated rings. The third-order valence-corrected chi connectivity index (χ3v) is 8.05. The number of anilines is 1. The molecule has 2 aliphatic rings. The maximum atomic E-state index is 12.9. The van der Waals surface area contributed by atoms with Gasteiger partial charge in [0, 0.05) is 18.8 Å². The lowest BCUT2D eigenvalue weighted by Crippen LogP contribution is -3.12. The van der Waals surface area contributed by atoms with Crippen molar-refractivity contribution in [3.63, 3.8) is 0 Å². The van der Waals surface area contributed by atoms with Crippen LogP contribution >= 0.6 is 0 Å². The number of amides is 1. The first-order valence-corrected chi connectivity index (χ1v) is 12.1. The summed E-state index contributed by atoms with van der Waals surface area (Å²) in [6.45, 7) is 2.58. The van der Waals surface area contributed by atoms with Gasteiger partial charge in [-0.1, -0.05) is 19.3 Å². The smallest absolute Gasteiger partial charge is 0.279 e. The van der Waals surface area contributed by atoms with E-state index >= 15 is 0 Å². The van der Waals surface area contributed by atoms with E-state index < -0.39 is 10.0 Å². The summed E-state index contributed by atoms with van der Waals surface area (Å²) < 4.78 is 27.3. The Balaban J connectivity index is 1.58. The number of hydrogen-bond acceptors (Lipinski definition) is 3. The van der Waals surface area contributed by atoms with E-state index in [4.69, 9.17) is 0 Å². The Labute approximate surface area is 169 Å². The first kappa shape index (κ1) is 21.3. The fourth-order valence-electron chi connectivity index (χ4n) is 4.35. The molecule has 0 atom stereocenters. The van der Waals surface area contributed by atoms with E-state index in [2.05, 4.69) is 5.32 Å². The quantitative estimate of drug-likeness (QED) is 0.757. The van der Waals surface area contributed by atoms with Crippen molar-refractivity contribution >= 4 is 21.6 Å². The largest absolute Gasteiger partial charge is 0.327 e. The topological polar surface area (TPSA) is 70.9 Å². The molecule has 0 spiro atoms. The summed E-state index contributed by atoms with van der Waals surface area (Å²) in [5.74, 6) is -0.00756. The average molecular weight is 409 g/mol. The highest BCUT2D eigenvalue weighted by Gasteiger charge is 2.29. The second-order valence-corrected chi connectivity index (χ2v) is 10.2. The van der Waals surface area contributed by atoms with Crippen molar-refractivity contribution in [2.24, 2.45) is 0 Å². The number of quaternary nitrogens is 1. The molecular weight excluding hydrogens is 374 g/mol. The lowest BCUT2D eigenvalue weighted by Gasteiger charge is -2.30. The molecule has 1 amide bonds. The fraction of sp³-hybridized carbons (Fsp3) is 0.667. The molecule has 0 aromatic heterocycles. The second kappa shape index (κ2) is 9.85. The van der Waals surface area contributed by atoms with Gasteiger partial charge in [-0.2, -0.15) is 4.31 Å². The molecule has 2 N–H and O–H groups in total. The predicted molar refractivity (Wildman–Crippen MR) is 111 cm³/mol. The average Bonchev–Trinajstić information content (AvgIpc) is 2.97. The summed E-state index contributed by atoms with van der Waals surface area (Å²) in [5.41, 5.74) is 0.651. The van der Waals surface area contributed by atoms with Crippen LogP contribution in [0.1, 0.15) is 57.8 Å². The van der Waals surface area contributed by atoms with E-state index in [0.29, 0.717) is 12.2 Å². The number of carbonyl (C=O) groups is 1. The normalized spacial score (nSPS) is 20.1. The highest BCUT2D eigenvalue weighted by molar-refractivity contribution is 7.89. The van der Waals surface area contributed by atoms with Crippen LogP contribution in [0, 0.1) is 0 Å². The number of hydrogen-bond donors (Lipinski definition) is 2. The first-order valence-electron chi connectivity index (χ1n) is 10.7. The van der Waals surface area contributed by atoms with Gasteiger partial charge in [-0.3, -0.25) is 4.79 Å². The van der Waals surface area contributed by atoms with E-state index in [1.165, 1.54) is 41.3 Å². The molecule has 1 aliphatic carbocycles. The van der Waals surface area contributed by atoms with Crippen LogP contribution in [0.15, 0.2) is 29.2 Å². The predicted octanol–water partition coefficient (Wildman–Crippen LogP) is 2.04. The zero-order valence-corrected chi connectivity index (χ0v) is 17.8. The van der Waals surface area contributed by atoms with E-state index in [9.17, 15) is 13.2 Å². The van der Waals surface area contributed by atoms with Gasteiger partial charge in [-0.15, -0.1) is 0 Å². The van der Waals surface area contributed by atoms with Gasteiger partial charge < -0.3 is 10.2 Å². The summed E-state index contributed by atoms with van der Waals surface area (Å²) in [7, 11) is -1.81. The summed E-state index contributed by atoms with van der Waals surface area (Å²) in [6.07, 6.45) is 10.1. The second-order valence-electron chi connectivity index (χ2n) is 8.23. The van der Waals surface area contributed by atoms with Crippen LogP contribution in [0.2, 0.25) is 0 Å². The highest BCUT2D eigenvalue weighted by atomic mass is 32.2. The van der Waals surface area contributed by atoms with Gasteiger partial charge in [0.1, 0.15) is 0 Å². The van der Waals surface area contributed by atoms with Crippen LogP contribution < -0.4 is 10.2 Å². The molecule has 156 valence electrons. The minimum atomic E-state index is -3.49. The van der Waals surface area contributed by atoms with Crippen LogP contribution in [0.3, 0.4) is 0 Å². The van der Waals surface area contributed by atoms with Crippen molar-refractivity contribution in [1.82, 2.24) is 4.31 Å². The first-order chi connectivity index (χ1) is 13.5. The van der Waals surface area contributed by atoms with Crippen LogP contribution in [0.25, 0.3) is 0 Å². The number of likely N-dealkylation sites (tertiary alicyclic amines) is 1. The Kier molecular flexibility index (Phi) is 7.48. The number of nitrogens with one attached hydrogen (secondary N) is 2. The highest BCUT2D eigenvalue weighted by Crippen LogP contribution is 2.26. The Morgan fingerprint density at radius 2 is 1.57 bits per heavy atom. The molecule has 28 heavy (non-hydrogen) atoms. The molecule has 6 nitrogen and oxygen atoms in total. The Morgan fingerprint density at radius 1 is 1.00 bits per heavy atom. The molecule has 0 unspecified atom stereocenters. The van der Waals surface area contributed by atoms with Gasteiger partial charge in [-0.05, 0) is 62.8 Å². The molecule has 1 saturated heterocycles. The summed E-state index contributed by atoms with van der Waals surface area (Å²) in [6, 6.07) is 6.68.